The molecule has 1 amide bonds. The molecule has 5 nitrogen and oxygen atoms in total. The number of carbonyl (C=O) groups excluding carboxylic acids is 1. The highest BCUT2D eigenvalue weighted by molar-refractivity contribution is 5.94. The molecule has 12 heavy (non-hydrogen) atoms. The van der Waals surface area contributed by atoms with E-state index >= 15 is 0 Å². The number of rotatable bonds is 4. The predicted octanol–water partition coefficient (Wildman–Crippen LogP) is -0.934. The van der Waals surface area contributed by atoms with E-state index in [0.717, 1.165) is 0 Å². The highest BCUT2D eigenvalue weighted by atomic mass is 16.2. The van der Waals surface area contributed by atoms with Crippen molar-refractivity contribution in [3.05, 3.63) is 37.1 Å². The summed E-state index contributed by atoms with van der Waals surface area (Å²) < 4.78 is 0. The smallest absolute Gasteiger partial charge is 0.275 e. The summed E-state index contributed by atoms with van der Waals surface area (Å²) in [7, 11) is 0. The zero-order chi connectivity index (χ0) is 9.56. The van der Waals surface area contributed by atoms with Crippen LogP contribution in [0.3, 0.4) is 0 Å². The maximum absolute atomic E-state index is 11.1. The highest BCUT2D eigenvalue weighted by Gasteiger charge is 2.08. The molecule has 0 aliphatic heterocycles. The quantitative estimate of drug-likeness (QED) is 0.408. The van der Waals surface area contributed by atoms with Crippen molar-refractivity contribution in [3.8, 4) is 0 Å². The van der Waals surface area contributed by atoms with Crippen molar-refractivity contribution in [2.45, 2.75) is 0 Å². The molecule has 0 saturated carbocycles. The van der Waals surface area contributed by atoms with Gasteiger partial charge in [-0.3, -0.25) is 4.79 Å². The Morgan fingerprint density at radius 3 is 2.00 bits per heavy atom. The van der Waals surface area contributed by atoms with Gasteiger partial charge in [0.2, 0.25) is 0 Å². The third-order valence-electron chi connectivity index (χ3n) is 0.995. The highest BCUT2D eigenvalue weighted by Crippen LogP contribution is 1.89. The first-order chi connectivity index (χ1) is 5.63. The molecule has 0 bridgehead atoms. The summed E-state index contributed by atoms with van der Waals surface area (Å²) in [4.78, 5) is 11.1. The molecule has 0 saturated heterocycles. The average molecular weight is 168 g/mol. The van der Waals surface area contributed by atoms with Crippen molar-refractivity contribution in [2.24, 2.45) is 11.5 Å². The van der Waals surface area contributed by atoms with Crippen molar-refractivity contribution in [1.82, 2.24) is 10.6 Å². The SMILES string of the molecule is C=CNC(=O)C(NC=C)=C(N)N. The van der Waals surface area contributed by atoms with Gasteiger partial charge in [-0.25, -0.2) is 0 Å². The summed E-state index contributed by atoms with van der Waals surface area (Å²) in [6.45, 7) is 6.68. The molecule has 0 atom stereocenters. The predicted molar refractivity (Wildman–Crippen MR) is 47.1 cm³/mol. The standard InChI is InChI=1S/C7H12N4O/c1-3-10-5(6(8)9)7(12)11-4-2/h3-4,10H,1-2,8-9H2,(H,11,12). The minimum Gasteiger partial charge on any atom is -0.384 e. The summed E-state index contributed by atoms with van der Waals surface area (Å²) >= 11 is 0. The van der Waals surface area contributed by atoms with Gasteiger partial charge in [-0.05, 0) is 12.4 Å². The summed E-state index contributed by atoms with van der Waals surface area (Å²) in [5.74, 6) is -0.556. The molecular weight excluding hydrogens is 156 g/mol. The maximum Gasteiger partial charge on any atom is 0.275 e. The topological polar surface area (TPSA) is 93.2 Å². The van der Waals surface area contributed by atoms with E-state index in [4.69, 9.17) is 11.5 Å². The molecule has 0 aromatic carbocycles. The summed E-state index contributed by atoms with van der Waals surface area (Å²) in [6.07, 6.45) is 2.54. The van der Waals surface area contributed by atoms with Crippen LogP contribution in [0.4, 0.5) is 0 Å². The second-order valence-corrected chi connectivity index (χ2v) is 1.86. The van der Waals surface area contributed by atoms with E-state index < -0.39 is 5.91 Å². The van der Waals surface area contributed by atoms with Crippen LogP contribution in [0.15, 0.2) is 37.1 Å². The Bertz CT molecular complexity index is 228. The van der Waals surface area contributed by atoms with E-state index in [2.05, 4.69) is 23.8 Å². The molecule has 0 aromatic rings. The fourth-order valence-corrected chi connectivity index (χ4v) is 0.547. The molecule has 0 spiro atoms. The minimum atomic E-state index is -0.454. The van der Waals surface area contributed by atoms with Crippen LogP contribution in [0.25, 0.3) is 0 Å². The van der Waals surface area contributed by atoms with E-state index in [1.807, 2.05) is 0 Å². The zero-order valence-corrected chi connectivity index (χ0v) is 6.63. The van der Waals surface area contributed by atoms with Crippen LogP contribution in [0.2, 0.25) is 0 Å². The van der Waals surface area contributed by atoms with Gasteiger partial charge >= 0.3 is 0 Å². The molecule has 0 aromatic heterocycles. The van der Waals surface area contributed by atoms with Crippen LogP contribution < -0.4 is 22.1 Å². The first-order valence-electron chi connectivity index (χ1n) is 3.18. The van der Waals surface area contributed by atoms with Gasteiger partial charge in [0.1, 0.15) is 11.5 Å². The molecule has 0 heterocycles. The fourth-order valence-electron chi connectivity index (χ4n) is 0.547. The van der Waals surface area contributed by atoms with Gasteiger partial charge in [-0.15, -0.1) is 0 Å². The fraction of sp³-hybridized carbons (Fsp3) is 0. The van der Waals surface area contributed by atoms with E-state index in [-0.39, 0.29) is 11.5 Å². The second kappa shape index (κ2) is 4.84. The molecule has 0 unspecified atom stereocenters. The number of amides is 1. The second-order valence-electron chi connectivity index (χ2n) is 1.86. The monoisotopic (exact) mass is 168 g/mol. The first-order valence-corrected chi connectivity index (χ1v) is 3.18. The van der Waals surface area contributed by atoms with Crippen molar-refractivity contribution >= 4 is 5.91 Å². The first kappa shape index (κ1) is 10.1. The van der Waals surface area contributed by atoms with Crippen LogP contribution in [0.5, 0.6) is 0 Å². The summed E-state index contributed by atoms with van der Waals surface area (Å²) in [6, 6.07) is 0. The number of hydrogen-bond acceptors (Lipinski definition) is 4. The number of hydrogen-bond donors (Lipinski definition) is 4. The third-order valence-corrected chi connectivity index (χ3v) is 0.995. The Labute approximate surface area is 70.8 Å². The summed E-state index contributed by atoms with van der Waals surface area (Å²) in [5, 5.41) is 4.81. The number of carbonyl (C=O) groups is 1. The molecule has 6 N–H and O–H groups in total. The van der Waals surface area contributed by atoms with Crippen LogP contribution in [0, 0.1) is 0 Å². The van der Waals surface area contributed by atoms with Gasteiger partial charge in [0, 0.05) is 0 Å². The third kappa shape index (κ3) is 2.78. The zero-order valence-electron chi connectivity index (χ0n) is 6.63. The Kier molecular flexibility index (Phi) is 4.07. The van der Waals surface area contributed by atoms with Gasteiger partial charge in [0.15, 0.2) is 0 Å². The Balaban J connectivity index is 4.52. The Morgan fingerprint density at radius 1 is 1.17 bits per heavy atom. The molecule has 66 valence electrons. The molecule has 0 aliphatic carbocycles. The lowest BCUT2D eigenvalue weighted by Crippen LogP contribution is -2.31. The van der Waals surface area contributed by atoms with E-state index in [1.165, 1.54) is 12.4 Å². The average Bonchev–Trinajstić information content (AvgIpc) is 1.99. The lowest BCUT2D eigenvalue weighted by Gasteiger charge is -2.06. The van der Waals surface area contributed by atoms with Gasteiger partial charge < -0.3 is 22.1 Å². The Morgan fingerprint density at radius 2 is 1.67 bits per heavy atom. The molecule has 5 heteroatoms. The van der Waals surface area contributed by atoms with Crippen molar-refractivity contribution in [1.29, 1.82) is 0 Å². The largest absolute Gasteiger partial charge is 0.384 e. The Hall–Kier alpha value is -1.91. The summed E-state index contributed by atoms with van der Waals surface area (Å²) in [5.41, 5.74) is 10.5. The molecule has 0 rings (SSSR count). The van der Waals surface area contributed by atoms with Gasteiger partial charge in [-0.1, -0.05) is 13.2 Å². The normalized spacial score (nSPS) is 8.00. The lowest BCUT2D eigenvalue weighted by atomic mass is 10.4. The minimum absolute atomic E-state index is 0.0601. The van der Waals surface area contributed by atoms with E-state index in [1.54, 1.807) is 0 Å². The van der Waals surface area contributed by atoms with E-state index in [0.29, 0.717) is 0 Å². The molecule has 0 radical (unpaired) electrons. The van der Waals surface area contributed by atoms with Crippen LogP contribution in [0.1, 0.15) is 0 Å². The van der Waals surface area contributed by atoms with Crippen LogP contribution in [-0.4, -0.2) is 5.91 Å². The van der Waals surface area contributed by atoms with Gasteiger partial charge in [0.25, 0.3) is 5.91 Å². The van der Waals surface area contributed by atoms with Crippen LogP contribution >= 0.6 is 0 Å². The molecule has 0 fully saturated rings. The molecular formula is C7H12N4O. The number of nitrogens with one attached hydrogen (secondary N) is 2. The van der Waals surface area contributed by atoms with Gasteiger partial charge in [0.05, 0.1) is 0 Å². The lowest BCUT2D eigenvalue weighted by molar-refractivity contribution is -0.116. The number of nitrogens with two attached hydrogens (primary N) is 2. The maximum atomic E-state index is 11.1. The van der Waals surface area contributed by atoms with Crippen molar-refractivity contribution < 1.29 is 4.79 Å². The van der Waals surface area contributed by atoms with Crippen molar-refractivity contribution in [2.75, 3.05) is 0 Å². The molecule has 0 aliphatic rings. The van der Waals surface area contributed by atoms with Crippen LogP contribution in [-0.2, 0) is 4.79 Å². The van der Waals surface area contributed by atoms with Gasteiger partial charge in [-0.2, -0.15) is 0 Å². The van der Waals surface area contributed by atoms with E-state index in [9.17, 15) is 4.79 Å². The van der Waals surface area contributed by atoms with Crippen molar-refractivity contribution in [3.63, 3.8) is 0 Å².